The van der Waals surface area contributed by atoms with Crippen molar-refractivity contribution in [1.82, 2.24) is 5.01 Å². The Kier molecular flexibility index (Phi) is 5.05. The molecule has 10 heteroatoms. The normalized spacial score (nSPS) is 16.7. The lowest BCUT2D eigenvalue weighted by molar-refractivity contribution is 0.0659. The molecule has 1 N–H and O–H groups in total. The lowest BCUT2D eigenvalue weighted by Gasteiger charge is -2.18. The van der Waals surface area contributed by atoms with Gasteiger partial charge in [-0.25, -0.2) is 13.4 Å². The van der Waals surface area contributed by atoms with Crippen LogP contribution in [-0.4, -0.2) is 31.3 Å². The summed E-state index contributed by atoms with van der Waals surface area (Å²) in [5.41, 5.74) is 1.53. The van der Waals surface area contributed by atoms with Crippen LogP contribution in [0.3, 0.4) is 0 Å². The van der Waals surface area contributed by atoms with Crippen molar-refractivity contribution >= 4 is 43.3 Å². The van der Waals surface area contributed by atoms with Gasteiger partial charge >= 0.3 is 5.91 Å². The molecular weight excluding hydrogens is 462 g/mol. The fourth-order valence-corrected chi connectivity index (χ4v) is 4.01. The summed E-state index contributed by atoms with van der Waals surface area (Å²) in [5, 5.41) is 5.80. The minimum absolute atomic E-state index is 0.126. The third kappa shape index (κ3) is 4.13. The molecule has 8 nitrogen and oxygen atoms in total. The molecule has 0 unspecified atom stereocenters. The molecule has 150 valence electrons. The Morgan fingerprint density at radius 1 is 1.21 bits per heavy atom. The third-order valence-corrected chi connectivity index (χ3v) is 5.32. The van der Waals surface area contributed by atoms with Gasteiger partial charge in [-0.2, -0.15) is 5.10 Å². The van der Waals surface area contributed by atoms with Gasteiger partial charge in [0.2, 0.25) is 10.0 Å². The Morgan fingerprint density at radius 3 is 2.66 bits per heavy atom. The largest absolute Gasteiger partial charge is 0.467 e. The maximum Gasteiger partial charge on any atom is 0.310 e. The summed E-state index contributed by atoms with van der Waals surface area (Å²) in [5.74, 6) is 0.262. The second-order valence-electron chi connectivity index (χ2n) is 6.46. The van der Waals surface area contributed by atoms with Gasteiger partial charge in [-0.3, -0.25) is 9.52 Å². The summed E-state index contributed by atoms with van der Waals surface area (Å²) in [6, 6.07) is 13.1. The Balaban J connectivity index is 1.75. The number of amides is 1. The highest BCUT2D eigenvalue weighted by Crippen LogP contribution is 2.36. The first-order valence-electron chi connectivity index (χ1n) is 8.59. The van der Waals surface area contributed by atoms with E-state index < -0.39 is 22.0 Å². The molecule has 0 bridgehead atoms. The van der Waals surface area contributed by atoms with Crippen LogP contribution >= 0.6 is 15.9 Å². The number of carbonyl (C=O) groups excluding carboxylic acids is 1. The predicted molar refractivity (Wildman–Crippen MR) is 110 cm³/mol. The molecule has 0 fully saturated rings. The number of anilines is 1. The number of nitrogens with zero attached hydrogens (tertiary/aromatic N) is 2. The summed E-state index contributed by atoms with van der Waals surface area (Å²) < 4.78 is 37.3. The first-order chi connectivity index (χ1) is 13.8. The number of hydrazone groups is 1. The van der Waals surface area contributed by atoms with E-state index in [0.717, 1.165) is 6.26 Å². The zero-order valence-corrected chi connectivity index (χ0v) is 17.6. The number of sulfonamides is 1. The van der Waals surface area contributed by atoms with E-state index in [2.05, 4.69) is 25.8 Å². The molecular formula is C19H16BrN3O5S. The highest BCUT2D eigenvalue weighted by molar-refractivity contribution is 9.10. The van der Waals surface area contributed by atoms with Crippen molar-refractivity contribution < 1.29 is 22.0 Å². The Labute approximate surface area is 175 Å². The SMILES string of the molecule is CS(=O)(=O)Nc1ccccc1C1=NN(C(=O)c2ccc(Br)o2)[C@@H](c2ccco2)C1. The first kappa shape index (κ1) is 19.5. The van der Waals surface area contributed by atoms with Gasteiger partial charge in [0.1, 0.15) is 11.8 Å². The Morgan fingerprint density at radius 2 is 2.00 bits per heavy atom. The van der Waals surface area contributed by atoms with Gasteiger partial charge in [0, 0.05) is 12.0 Å². The number of hydrogen-bond acceptors (Lipinski definition) is 6. The van der Waals surface area contributed by atoms with Crippen LogP contribution in [0.25, 0.3) is 0 Å². The van der Waals surface area contributed by atoms with Crippen molar-refractivity contribution in [3.8, 4) is 0 Å². The van der Waals surface area contributed by atoms with Crippen molar-refractivity contribution in [2.24, 2.45) is 5.10 Å². The second kappa shape index (κ2) is 7.53. The molecule has 4 rings (SSSR count). The van der Waals surface area contributed by atoms with E-state index in [-0.39, 0.29) is 5.76 Å². The van der Waals surface area contributed by atoms with Crippen LogP contribution in [-0.2, 0) is 10.0 Å². The fourth-order valence-electron chi connectivity index (χ4n) is 3.13. The zero-order valence-electron chi connectivity index (χ0n) is 15.2. The number of carbonyl (C=O) groups is 1. The minimum atomic E-state index is -3.48. The monoisotopic (exact) mass is 477 g/mol. The average molecular weight is 478 g/mol. The maximum atomic E-state index is 13.0. The third-order valence-electron chi connectivity index (χ3n) is 4.31. The molecule has 29 heavy (non-hydrogen) atoms. The molecule has 0 saturated heterocycles. The summed E-state index contributed by atoms with van der Waals surface area (Å²) in [6.45, 7) is 0. The second-order valence-corrected chi connectivity index (χ2v) is 8.99. The molecule has 1 aromatic carbocycles. The summed E-state index contributed by atoms with van der Waals surface area (Å²) >= 11 is 3.19. The van der Waals surface area contributed by atoms with Crippen molar-refractivity contribution in [3.05, 3.63) is 76.5 Å². The molecule has 1 amide bonds. The van der Waals surface area contributed by atoms with Gasteiger partial charge in [0.05, 0.1) is 23.9 Å². The Bertz CT molecular complexity index is 1180. The topological polar surface area (TPSA) is 105 Å². The smallest absolute Gasteiger partial charge is 0.310 e. The zero-order chi connectivity index (χ0) is 20.6. The molecule has 1 atom stereocenters. The van der Waals surface area contributed by atoms with Crippen LogP contribution in [0.5, 0.6) is 0 Å². The summed E-state index contributed by atoms with van der Waals surface area (Å²) in [7, 11) is -3.48. The predicted octanol–water partition coefficient (Wildman–Crippen LogP) is 4.00. The van der Waals surface area contributed by atoms with E-state index >= 15 is 0 Å². The number of nitrogens with one attached hydrogen (secondary N) is 1. The molecule has 3 heterocycles. The number of furan rings is 2. The highest BCUT2D eigenvalue weighted by Gasteiger charge is 2.37. The summed E-state index contributed by atoms with van der Waals surface area (Å²) in [4.78, 5) is 13.0. The van der Waals surface area contributed by atoms with Crippen LogP contribution in [0, 0.1) is 0 Å². The molecule has 0 aliphatic carbocycles. The van der Waals surface area contributed by atoms with Crippen LogP contribution in [0.4, 0.5) is 5.69 Å². The van der Waals surface area contributed by atoms with Crippen molar-refractivity contribution in [2.75, 3.05) is 11.0 Å². The van der Waals surface area contributed by atoms with Gasteiger partial charge in [-0.15, -0.1) is 0 Å². The molecule has 3 aromatic rings. The molecule has 1 aliphatic heterocycles. The lowest BCUT2D eigenvalue weighted by Crippen LogP contribution is -2.26. The number of benzene rings is 1. The van der Waals surface area contributed by atoms with E-state index in [1.165, 1.54) is 11.3 Å². The minimum Gasteiger partial charge on any atom is -0.467 e. The van der Waals surface area contributed by atoms with E-state index in [4.69, 9.17) is 8.83 Å². The van der Waals surface area contributed by atoms with Crippen LogP contribution in [0.1, 0.15) is 34.3 Å². The number of halogens is 1. The van der Waals surface area contributed by atoms with E-state index in [9.17, 15) is 13.2 Å². The molecule has 0 radical (unpaired) electrons. The molecule has 0 spiro atoms. The van der Waals surface area contributed by atoms with E-state index in [1.807, 2.05) is 0 Å². The lowest BCUT2D eigenvalue weighted by atomic mass is 10.0. The number of para-hydroxylation sites is 1. The Hall–Kier alpha value is -2.85. The summed E-state index contributed by atoms with van der Waals surface area (Å²) in [6.07, 6.45) is 2.96. The van der Waals surface area contributed by atoms with Crippen molar-refractivity contribution in [2.45, 2.75) is 12.5 Å². The highest BCUT2D eigenvalue weighted by atomic mass is 79.9. The van der Waals surface area contributed by atoms with E-state index in [0.29, 0.717) is 33.8 Å². The van der Waals surface area contributed by atoms with E-state index in [1.54, 1.807) is 48.5 Å². The van der Waals surface area contributed by atoms with Gasteiger partial charge < -0.3 is 8.83 Å². The molecule has 0 saturated carbocycles. The van der Waals surface area contributed by atoms with Gasteiger partial charge in [-0.05, 0) is 46.3 Å². The maximum absolute atomic E-state index is 13.0. The van der Waals surface area contributed by atoms with Gasteiger partial charge in [0.15, 0.2) is 10.4 Å². The van der Waals surface area contributed by atoms with Crippen molar-refractivity contribution in [1.29, 1.82) is 0 Å². The first-order valence-corrected chi connectivity index (χ1v) is 11.3. The van der Waals surface area contributed by atoms with Crippen molar-refractivity contribution in [3.63, 3.8) is 0 Å². The van der Waals surface area contributed by atoms with Crippen LogP contribution in [0.15, 0.2) is 73.4 Å². The number of rotatable bonds is 5. The van der Waals surface area contributed by atoms with Crippen LogP contribution < -0.4 is 4.72 Å². The standard InChI is InChI=1S/C19H16BrN3O5S/c1-29(25,26)22-13-6-3-2-5-12(13)14-11-15(16-7-4-10-27-16)23(21-14)19(24)17-8-9-18(20)28-17/h2-10,15,22H,11H2,1H3/t15-/m1/s1. The number of hydrogen-bond donors (Lipinski definition) is 1. The van der Waals surface area contributed by atoms with Crippen LogP contribution in [0.2, 0.25) is 0 Å². The molecule has 2 aromatic heterocycles. The fraction of sp³-hybridized carbons (Fsp3) is 0.158. The molecule has 1 aliphatic rings. The van der Waals surface area contributed by atoms with Gasteiger partial charge in [-0.1, -0.05) is 18.2 Å². The quantitative estimate of drug-likeness (QED) is 0.597. The van der Waals surface area contributed by atoms with Gasteiger partial charge in [0.25, 0.3) is 0 Å². The average Bonchev–Trinajstić information content (AvgIpc) is 3.40.